The highest BCUT2D eigenvalue weighted by Crippen LogP contribution is 2.40. The molecule has 0 radical (unpaired) electrons. The summed E-state index contributed by atoms with van der Waals surface area (Å²) in [7, 11) is 0. The summed E-state index contributed by atoms with van der Waals surface area (Å²) >= 11 is 5.50. The summed E-state index contributed by atoms with van der Waals surface area (Å²) in [5, 5.41) is 0. The molecule has 1 aromatic rings. The van der Waals surface area contributed by atoms with Crippen molar-refractivity contribution < 1.29 is 9.53 Å². The van der Waals surface area contributed by atoms with Gasteiger partial charge in [0, 0.05) is 22.6 Å². The number of ether oxygens (including phenoxy) is 1. The Morgan fingerprint density at radius 1 is 1.33 bits per heavy atom. The minimum atomic E-state index is -0.0229. The van der Waals surface area contributed by atoms with Gasteiger partial charge in [-0.25, -0.2) is 0 Å². The lowest BCUT2D eigenvalue weighted by Crippen LogP contribution is -2.44. The Hall–Kier alpha value is -0.320. The number of rotatable bonds is 2. The number of carbonyl (C=O) groups excluding carboxylic acids is 1. The summed E-state index contributed by atoms with van der Waals surface area (Å²) in [6.45, 7) is 2.76. The lowest BCUT2D eigenvalue weighted by atomic mass is 9.78. The van der Waals surface area contributed by atoms with Crippen LogP contribution in [0.4, 0.5) is 0 Å². The van der Waals surface area contributed by atoms with Crippen molar-refractivity contribution in [3.8, 4) is 0 Å². The first-order chi connectivity index (χ1) is 10.1. The maximum atomic E-state index is 12.8. The second-order valence-electron chi connectivity index (χ2n) is 6.22. The van der Waals surface area contributed by atoms with Crippen LogP contribution in [-0.2, 0) is 4.74 Å². The SMILES string of the molecule is Cc1cc(Br)cc(C(=O)C2CCOC3(CCSCC3)C2)c1. The number of hydrogen-bond donors (Lipinski definition) is 0. The van der Waals surface area contributed by atoms with Gasteiger partial charge < -0.3 is 4.74 Å². The summed E-state index contributed by atoms with van der Waals surface area (Å²) < 4.78 is 7.08. The lowest BCUT2D eigenvalue weighted by Gasteiger charge is -2.43. The molecule has 2 heterocycles. The average Bonchev–Trinajstić information content (AvgIpc) is 2.46. The van der Waals surface area contributed by atoms with E-state index < -0.39 is 0 Å². The fraction of sp³-hybridized carbons (Fsp3) is 0.588. The van der Waals surface area contributed by atoms with Crippen molar-refractivity contribution >= 4 is 33.5 Å². The molecule has 0 N–H and O–H groups in total. The first kappa shape index (κ1) is 15.6. The van der Waals surface area contributed by atoms with Gasteiger partial charge in [0.15, 0.2) is 5.78 Å². The van der Waals surface area contributed by atoms with Gasteiger partial charge in [-0.15, -0.1) is 0 Å². The molecule has 2 nitrogen and oxygen atoms in total. The van der Waals surface area contributed by atoms with Crippen LogP contribution in [0.15, 0.2) is 22.7 Å². The molecule has 2 fully saturated rings. The van der Waals surface area contributed by atoms with E-state index in [1.54, 1.807) is 0 Å². The first-order valence-corrected chi connectivity index (χ1v) is 9.56. The molecular weight excluding hydrogens is 348 g/mol. The zero-order chi connectivity index (χ0) is 14.9. The molecule has 0 bridgehead atoms. The van der Waals surface area contributed by atoms with Gasteiger partial charge >= 0.3 is 0 Å². The summed E-state index contributed by atoms with van der Waals surface area (Å²) in [4.78, 5) is 12.8. The van der Waals surface area contributed by atoms with Crippen LogP contribution in [0.3, 0.4) is 0 Å². The Morgan fingerprint density at radius 2 is 2.10 bits per heavy atom. The first-order valence-electron chi connectivity index (χ1n) is 7.61. The highest BCUT2D eigenvalue weighted by atomic mass is 79.9. The summed E-state index contributed by atoms with van der Waals surface area (Å²) in [6.07, 6.45) is 3.95. The topological polar surface area (TPSA) is 26.3 Å². The largest absolute Gasteiger partial charge is 0.375 e. The van der Waals surface area contributed by atoms with E-state index >= 15 is 0 Å². The molecule has 4 heteroatoms. The Morgan fingerprint density at radius 3 is 2.81 bits per heavy atom. The molecule has 3 rings (SSSR count). The molecule has 21 heavy (non-hydrogen) atoms. The van der Waals surface area contributed by atoms with Crippen LogP contribution in [0.25, 0.3) is 0 Å². The van der Waals surface area contributed by atoms with Gasteiger partial charge in [0.05, 0.1) is 5.60 Å². The molecule has 1 aromatic carbocycles. The lowest BCUT2D eigenvalue weighted by molar-refractivity contribution is -0.0959. The maximum Gasteiger partial charge on any atom is 0.166 e. The van der Waals surface area contributed by atoms with Crippen molar-refractivity contribution in [1.29, 1.82) is 0 Å². The second kappa shape index (κ2) is 6.43. The Labute approximate surface area is 139 Å². The van der Waals surface area contributed by atoms with Gasteiger partial charge in [-0.3, -0.25) is 4.79 Å². The van der Waals surface area contributed by atoms with Crippen LogP contribution < -0.4 is 0 Å². The molecular formula is C17H21BrO2S. The molecule has 0 saturated carbocycles. The molecule has 2 aliphatic rings. The number of aryl methyl sites for hydroxylation is 1. The van der Waals surface area contributed by atoms with Crippen LogP contribution in [0.2, 0.25) is 0 Å². The fourth-order valence-electron chi connectivity index (χ4n) is 3.46. The predicted molar refractivity (Wildman–Crippen MR) is 91.2 cm³/mol. The minimum absolute atomic E-state index is 0.0229. The second-order valence-corrected chi connectivity index (χ2v) is 8.36. The number of ketones is 1. The van der Waals surface area contributed by atoms with Crippen molar-refractivity contribution in [2.24, 2.45) is 5.92 Å². The molecule has 0 amide bonds. The Bertz CT molecular complexity index is 512. The fourth-order valence-corrected chi connectivity index (χ4v) is 5.30. The van der Waals surface area contributed by atoms with Crippen LogP contribution in [0.5, 0.6) is 0 Å². The normalized spacial score (nSPS) is 25.0. The minimum Gasteiger partial charge on any atom is -0.375 e. The average molecular weight is 369 g/mol. The van der Waals surface area contributed by atoms with Crippen LogP contribution in [-0.4, -0.2) is 29.5 Å². The molecule has 1 atom stereocenters. The van der Waals surface area contributed by atoms with Gasteiger partial charge in [-0.2, -0.15) is 11.8 Å². The number of Topliss-reactive ketones (excluding diaryl/α,β-unsaturated/α-hetero) is 1. The van der Waals surface area contributed by atoms with Crippen LogP contribution >= 0.6 is 27.7 Å². The number of benzene rings is 1. The van der Waals surface area contributed by atoms with Crippen LogP contribution in [0, 0.1) is 12.8 Å². The molecule has 1 spiro atoms. The highest BCUT2D eigenvalue weighted by Gasteiger charge is 2.41. The molecule has 2 aliphatic heterocycles. The summed E-state index contributed by atoms with van der Waals surface area (Å²) in [5.41, 5.74) is 1.95. The van der Waals surface area contributed by atoms with Gasteiger partial charge in [0.1, 0.15) is 0 Å². The van der Waals surface area contributed by atoms with E-state index in [0.29, 0.717) is 5.78 Å². The van der Waals surface area contributed by atoms with Gasteiger partial charge in [-0.05, 0) is 67.9 Å². The third-order valence-corrected chi connectivity index (χ3v) is 6.04. The third kappa shape index (κ3) is 3.54. The van der Waals surface area contributed by atoms with Crippen molar-refractivity contribution in [3.05, 3.63) is 33.8 Å². The Kier molecular flexibility index (Phi) is 4.77. The van der Waals surface area contributed by atoms with E-state index in [1.807, 2.05) is 36.9 Å². The predicted octanol–water partition coefficient (Wildman–Crippen LogP) is 4.63. The quantitative estimate of drug-likeness (QED) is 0.711. The van der Waals surface area contributed by atoms with Crippen molar-refractivity contribution in [3.63, 3.8) is 0 Å². The third-order valence-electron chi connectivity index (χ3n) is 4.59. The van der Waals surface area contributed by atoms with E-state index in [0.717, 1.165) is 59.4 Å². The maximum absolute atomic E-state index is 12.8. The van der Waals surface area contributed by atoms with Gasteiger partial charge in [-0.1, -0.05) is 15.9 Å². The van der Waals surface area contributed by atoms with Gasteiger partial charge in [0.2, 0.25) is 0 Å². The highest BCUT2D eigenvalue weighted by molar-refractivity contribution is 9.10. The standard InChI is InChI=1S/C17H21BrO2S/c1-12-8-14(10-15(18)9-12)16(19)13-2-5-20-17(11-13)3-6-21-7-4-17/h8-10,13H,2-7,11H2,1H3. The van der Waals surface area contributed by atoms with E-state index in [9.17, 15) is 4.79 Å². The Balaban J connectivity index is 1.77. The van der Waals surface area contributed by atoms with Crippen molar-refractivity contribution in [2.75, 3.05) is 18.1 Å². The van der Waals surface area contributed by atoms with Crippen LogP contribution in [0.1, 0.15) is 41.6 Å². The van der Waals surface area contributed by atoms with E-state index in [4.69, 9.17) is 4.74 Å². The molecule has 0 aromatic heterocycles. The van der Waals surface area contributed by atoms with Crippen molar-refractivity contribution in [2.45, 2.75) is 38.2 Å². The number of thioether (sulfide) groups is 1. The monoisotopic (exact) mass is 368 g/mol. The van der Waals surface area contributed by atoms with Crippen molar-refractivity contribution in [1.82, 2.24) is 0 Å². The molecule has 1 unspecified atom stereocenters. The molecule has 114 valence electrons. The van der Waals surface area contributed by atoms with E-state index in [2.05, 4.69) is 15.9 Å². The molecule has 2 saturated heterocycles. The summed E-state index contributed by atoms with van der Waals surface area (Å²) in [5.74, 6) is 2.74. The molecule has 0 aliphatic carbocycles. The smallest absolute Gasteiger partial charge is 0.166 e. The van der Waals surface area contributed by atoms with E-state index in [-0.39, 0.29) is 11.5 Å². The zero-order valence-electron chi connectivity index (χ0n) is 12.4. The zero-order valence-corrected chi connectivity index (χ0v) is 14.8. The number of halogens is 1. The number of hydrogen-bond acceptors (Lipinski definition) is 3. The summed E-state index contributed by atoms with van der Waals surface area (Å²) in [6, 6.07) is 6.00. The number of carbonyl (C=O) groups is 1. The van der Waals surface area contributed by atoms with Gasteiger partial charge in [0.25, 0.3) is 0 Å². The van der Waals surface area contributed by atoms with E-state index in [1.165, 1.54) is 0 Å².